The van der Waals surface area contributed by atoms with E-state index in [1.165, 1.54) is 11.3 Å². The Morgan fingerprint density at radius 3 is 2.41 bits per heavy atom. The van der Waals surface area contributed by atoms with Crippen LogP contribution >= 0.6 is 11.3 Å². The van der Waals surface area contributed by atoms with Crippen LogP contribution in [0.5, 0.6) is 11.5 Å². The summed E-state index contributed by atoms with van der Waals surface area (Å²) in [5.41, 5.74) is 1.92. The molecule has 0 saturated carbocycles. The molecule has 1 aliphatic rings. The van der Waals surface area contributed by atoms with E-state index in [0.717, 1.165) is 21.9 Å². The lowest BCUT2D eigenvalue weighted by atomic mass is 10.1. The van der Waals surface area contributed by atoms with Gasteiger partial charge < -0.3 is 24.0 Å². The molecule has 10 heteroatoms. The first-order valence-electron chi connectivity index (χ1n) is 11.1. The summed E-state index contributed by atoms with van der Waals surface area (Å²) in [6.45, 7) is 7.44. The Morgan fingerprint density at radius 1 is 1.06 bits per heavy atom. The summed E-state index contributed by atoms with van der Waals surface area (Å²) < 4.78 is 18.2. The van der Waals surface area contributed by atoms with Crippen LogP contribution in [0.2, 0.25) is 0 Å². The first-order chi connectivity index (χ1) is 16.2. The molecule has 0 unspecified atom stereocenters. The first kappa shape index (κ1) is 23.9. The van der Waals surface area contributed by atoms with Crippen LogP contribution in [0.1, 0.15) is 26.5 Å². The monoisotopic (exact) mass is 486 g/mol. The van der Waals surface area contributed by atoms with Gasteiger partial charge in [0, 0.05) is 49.0 Å². The molecule has 0 radical (unpaired) electrons. The summed E-state index contributed by atoms with van der Waals surface area (Å²) in [4.78, 5) is 34.3. The van der Waals surface area contributed by atoms with Crippen LogP contribution in [0, 0.1) is 0 Å². The average molecular weight is 487 g/mol. The van der Waals surface area contributed by atoms with Gasteiger partial charge in [-0.1, -0.05) is 0 Å². The van der Waals surface area contributed by atoms with Crippen molar-refractivity contribution in [2.75, 3.05) is 40.4 Å². The first-order valence-corrected chi connectivity index (χ1v) is 12.0. The number of carbonyl (C=O) groups is 2. The number of benzene rings is 1. The zero-order valence-electron chi connectivity index (χ0n) is 20.2. The molecule has 0 bridgehead atoms. The van der Waals surface area contributed by atoms with Crippen LogP contribution < -0.4 is 9.47 Å². The van der Waals surface area contributed by atoms with Gasteiger partial charge in [-0.15, -0.1) is 11.3 Å². The minimum atomic E-state index is -0.535. The van der Waals surface area contributed by atoms with E-state index in [0.29, 0.717) is 37.7 Å². The summed E-state index contributed by atoms with van der Waals surface area (Å²) in [6.07, 6.45) is 1.85. The number of ether oxygens (including phenoxy) is 3. The summed E-state index contributed by atoms with van der Waals surface area (Å²) in [5, 5.41) is 1.96. The molecule has 3 aromatic rings. The third kappa shape index (κ3) is 5.11. The van der Waals surface area contributed by atoms with E-state index >= 15 is 0 Å². The number of hydrogen-bond donors (Lipinski definition) is 0. The Labute approximate surface area is 202 Å². The van der Waals surface area contributed by atoms with E-state index < -0.39 is 5.60 Å². The van der Waals surface area contributed by atoms with Gasteiger partial charge in [0.1, 0.15) is 17.1 Å². The van der Waals surface area contributed by atoms with Crippen molar-refractivity contribution < 1.29 is 23.8 Å². The normalized spacial score (nSPS) is 14.4. The molecule has 4 rings (SSSR count). The Kier molecular flexibility index (Phi) is 6.70. The summed E-state index contributed by atoms with van der Waals surface area (Å²) in [7, 11) is 3.24. The quantitative estimate of drug-likeness (QED) is 0.547. The van der Waals surface area contributed by atoms with Crippen LogP contribution in [-0.4, -0.2) is 77.2 Å². The third-order valence-electron chi connectivity index (χ3n) is 5.58. The molecule has 2 aromatic heterocycles. The lowest BCUT2D eigenvalue weighted by Crippen LogP contribution is -2.52. The highest BCUT2D eigenvalue weighted by Crippen LogP contribution is 2.34. The molecule has 182 valence electrons. The van der Waals surface area contributed by atoms with Gasteiger partial charge in [0.15, 0.2) is 4.96 Å². The highest BCUT2D eigenvalue weighted by molar-refractivity contribution is 7.15. The van der Waals surface area contributed by atoms with E-state index in [1.54, 1.807) is 24.0 Å². The second-order valence-corrected chi connectivity index (χ2v) is 9.93. The molecule has 1 fully saturated rings. The van der Waals surface area contributed by atoms with Gasteiger partial charge >= 0.3 is 6.09 Å². The van der Waals surface area contributed by atoms with Crippen LogP contribution in [0.25, 0.3) is 16.2 Å². The number of thiazole rings is 1. The van der Waals surface area contributed by atoms with Crippen molar-refractivity contribution in [3.63, 3.8) is 0 Å². The van der Waals surface area contributed by atoms with Crippen molar-refractivity contribution >= 4 is 28.3 Å². The number of hydrogen-bond acceptors (Lipinski definition) is 7. The number of nitrogens with zero attached hydrogens (tertiary/aromatic N) is 4. The van der Waals surface area contributed by atoms with Crippen molar-refractivity contribution in [3.05, 3.63) is 35.5 Å². The van der Waals surface area contributed by atoms with E-state index in [1.807, 2.05) is 54.9 Å². The molecule has 0 aliphatic carbocycles. The van der Waals surface area contributed by atoms with Gasteiger partial charge in [0.05, 0.1) is 26.3 Å². The topological polar surface area (TPSA) is 85.6 Å². The Morgan fingerprint density at radius 2 is 1.76 bits per heavy atom. The van der Waals surface area contributed by atoms with Gasteiger partial charge in [0.2, 0.25) is 5.91 Å². The zero-order valence-corrected chi connectivity index (χ0v) is 21.0. The fourth-order valence-corrected chi connectivity index (χ4v) is 4.71. The molecule has 1 saturated heterocycles. The molecular formula is C24H30N4O5S. The lowest BCUT2D eigenvalue weighted by molar-refractivity contribution is -0.132. The highest BCUT2D eigenvalue weighted by Gasteiger charge is 2.28. The minimum absolute atomic E-state index is 0.0257. The maximum absolute atomic E-state index is 13.0. The van der Waals surface area contributed by atoms with Gasteiger partial charge in [-0.2, -0.15) is 0 Å². The molecule has 9 nitrogen and oxygen atoms in total. The molecule has 3 heterocycles. The standard InChI is InChI=1S/C24H30N4O5S/c1-24(2,3)33-23(30)27-10-8-26(9-11-27)21(29)12-16-15-34-22-25-19(14-28(16)22)18-13-17(31-4)6-7-20(18)32-5/h6-7,13-15H,8-12H2,1-5H3. The fourth-order valence-electron chi connectivity index (χ4n) is 3.83. The highest BCUT2D eigenvalue weighted by atomic mass is 32.1. The minimum Gasteiger partial charge on any atom is -0.497 e. The number of rotatable bonds is 5. The predicted molar refractivity (Wildman–Crippen MR) is 130 cm³/mol. The van der Waals surface area contributed by atoms with Crippen molar-refractivity contribution in [2.45, 2.75) is 32.8 Å². The van der Waals surface area contributed by atoms with Crippen molar-refractivity contribution in [3.8, 4) is 22.8 Å². The van der Waals surface area contributed by atoms with Gasteiger partial charge in [-0.05, 0) is 39.0 Å². The predicted octanol–water partition coefficient (Wildman–Crippen LogP) is 3.70. The summed E-state index contributed by atoms with van der Waals surface area (Å²) in [6, 6.07) is 5.58. The lowest BCUT2D eigenvalue weighted by Gasteiger charge is -2.35. The summed E-state index contributed by atoms with van der Waals surface area (Å²) >= 11 is 1.49. The molecule has 2 amide bonds. The Hall–Kier alpha value is -3.27. The fraction of sp³-hybridized carbons (Fsp3) is 0.458. The number of methoxy groups -OCH3 is 2. The van der Waals surface area contributed by atoms with E-state index in [2.05, 4.69) is 0 Å². The molecule has 1 aromatic carbocycles. The van der Waals surface area contributed by atoms with Crippen LogP contribution in [0.3, 0.4) is 0 Å². The maximum atomic E-state index is 13.0. The van der Waals surface area contributed by atoms with Crippen LogP contribution in [0.15, 0.2) is 29.8 Å². The van der Waals surface area contributed by atoms with Crippen LogP contribution in [-0.2, 0) is 16.0 Å². The van der Waals surface area contributed by atoms with Gasteiger partial charge in [-0.3, -0.25) is 9.20 Å². The molecule has 1 aliphatic heterocycles. The number of aromatic nitrogens is 2. The van der Waals surface area contributed by atoms with Crippen molar-refractivity contribution in [2.24, 2.45) is 0 Å². The van der Waals surface area contributed by atoms with Gasteiger partial charge in [0.25, 0.3) is 0 Å². The number of imidazole rings is 1. The number of amides is 2. The van der Waals surface area contributed by atoms with E-state index in [-0.39, 0.29) is 18.4 Å². The number of fused-ring (bicyclic) bond motifs is 1. The van der Waals surface area contributed by atoms with E-state index in [4.69, 9.17) is 19.2 Å². The molecule has 34 heavy (non-hydrogen) atoms. The number of carbonyl (C=O) groups excluding carboxylic acids is 2. The van der Waals surface area contributed by atoms with Crippen molar-refractivity contribution in [1.29, 1.82) is 0 Å². The summed E-state index contributed by atoms with van der Waals surface area (Å²) in [5.74, 6) is 1.44. The van der Waals surface area contributed by atoms with Gasteiger partial charge in [-0.25, -0.2) is 9.78 Å². The second kappa shape index (κ2) is 9.54. The Bertz CT molecular complexity index is 1190. The molecule has 0 spiro atoms. The average Bonchev–Trinajstić information content (AvgIpc) is 3.39. The molecule has 0 N–H and O–H groups in total. The molecular weight excluding hydrogens is 456 g/mol. The zero-order chi connectivity index (χ0) is 24.5. The SMILES string of the molecule is COc1ccc(OC)c(-c2cn3c(CC(=O)N4CCN(C(=O)OC(C)(C)C)CC4)csc3n2)c1. The smallest absolute Gasteiger partial charge is 0.410 e. The number of piperazine rings is 1. The molecule has 0 atom stereocenters. The second-order valence-electron chi connectivity index (χ2n) is 9.10. The Balaban J connectivity index is 1.44. The van der Waals surface area contributed by atoms with Crippen molar-refractivity contribution in [1.82, 2.24) is 19.2 Å². The largest absolute Gasteiger partial charge is 0.497 e. The van der Waals surface area contributed by atoms with E-state index in [9.17, 15) is 9.59 Å². The third-order valence-corrected chi connectivity index (χ3v) is 6.47. The maximum Gasteiger partial charge on any atom is 0.410 e. The van der Waals surface area contributed by atoms with Crippen LogP contribution in [0.4, 0.5) is 4.79 Å².